The summed E-state index contributed by atoms with van der Waals surface area (Å²) in [5.41, 5.74) is 5.28. The van der Waals surface area contributed by atoms with E-state index in [4.69, 9.17) is 5.11 Å². The topological polar surface area (TPSA) is 33.1 Å². The number of rotatable bonds is 3. The van der Waals surface area contributed by atoms with E-state index in [-0.39, 0.29) is 6.61 Å². The smallest absolute Gasteiger partial charge is 0.0955 e. The van der Waals surface area contributed by atoms with Crippen LogP contribution in [0, 0.1) is 0 Å². The molecule has 2 aromatic rings. The molecule has 1 aromatic carbocycles. The number of aliphatic hydroxyl groups is 1. The van der Waals surface area contributed by atoms with Crippen LogP contribution in [0.1, 0.15) is 29.0 Å². The average Bonchev–Trinajstić information content (AvgIpc) is 2.87. The third-order valence-corrected chi connectivity index (χ3v) is 4.43. The number of aliphatic hydroxyl groups excluding tert-OH is 1. The van der Waals surface area contributed by atoms with E-state index in [2.05, 4.69) is 28.6 Å². The van der Waals surface area contributed by atoms with Gasteiger partial charge in [0.1, 0.15) is 0 Å². The van der Waals surface area contributed by atoms with Gasteiger partial charge in [0.05, 0.1) is 10.7 Å². The van der Waals surface area contributed by atoms with Gasteiger partial charge in [-0.05, 0) is 42.9 Å². The maximum absolute atomic E-state index is 8.92. The number of aryl methyl sites for hydroxylation is 2. The molecule has 1 aliphatic carbocycles. The maximum atomic E-state index is 8.92. The van der Waals surface area contributed by atoms with E-state index in [0.717, 1.165) is 10.7 Å². The Balaban J connectivity index is 1.91. The largest absolute Gasteiger partial charge is 0.396 e. The van der Waals surface area contributed by atoms with E-state index in [0.29, 0.717) is 6.42 Å². The molecular weight excluding hydrogens is 242 g/mol. The van der Waals surface area contributed by atoms with Crippen molar-refractivity contribution in [3.8, 4) is 11.3 Å². The summed E-state index contributed by atoms with van der Waals surface area (Å²) in [7, 11) is 0. The minimum Gasteiger partial charge on any atom is -0.396 e. The molecular formula is C15H17NOS. The van der Waals surface area contributed by atoms with Crippen molar-refractivity contribution in [3.05, 3.63) is 39.7 Å². The number of hydrogen-bond donors (Lipinski definition) is 1. The number of hydrogen-bond acceptors (Lipinski definition) is 3. The first-order chi connectivity index (χ1) is 8.86. The van der Waals surface area contributed by atoms with Crippen molar-refractivity contribution in [2.24, 2.45) is 0 Å². The van der Waals surface area contributed by atoms with E-state index in [1.54, 1.807) is 11.3 Å². The predicted molar refractivity (Wildman–Crippen MR) is 75.0 cm³/mol. The highest BCUT2D eigenvalue weighted by Gasteiger charge is 2.11. The fraction of sp³-hybridized carbons (Fsp3) is 0.400. The van der Waals surface area contributed by atoms with Crippen LogP contribution >= 0.6 is 11.3 Å². The van der Waals surface area contributed by atoms with Crippen LogP contribution in [-0.4, -0.2) is 16.7 Å². The van der Waals surface area contributed by atoms with Crippen molar-refractivity contribution >= 4 is 11.3 Å². The van der Waals surface area contributed by atoms with Gasteiger partial charge in [-0.1, -0.05) is 12.1 Å². The van der Waals surface area contributed by atoms with Crippen molar-refractivity contribution < 1.29 is 5.11 Å². The maximum Gasteiger partial charge on any atom is 0.0955 e. The van der Waals surface area contributed by atoms with Crippen molar-refractivity contribution in [1.82, 2.24) is 4.98 Å². The Morgan fingerprint density at radius 1 is 1.17 bits per heavy atom. The Bertz CT molecular complexity index is 547. The molecule has 0 saturated heterocycles. The molecule has 1 aromatic heterocycles. The Morgan fingerprint density at radius 3 is 2.83 bits per heavy atom. The number of nitrogens with zero attached hydrogens (tertiary/aromatic N) is 1. The molecule has 0 unspecified atom stereocenters. The molecule has 0 bridgehead atoms. The molecule has 94 valence electrons. The van der Waals surface area contributed by atoms with Gasteiger partial charge >= 0.3 is 0 Å². The van der Waals surface area contributed by atoms with E-state index >= 15 is 0 Å². The number of fused-ring (bicyclic) bond motifs is 1. The second-order valence-electron chi connectivity index (χ2n) is 4.79. The van der Waals surface area contributed by atoms with Crippen molar-refractivity contribution in [2.75, 3.05) is 6.61 Å². The molecule has 0 atom stereocenters. The van der Waals surface area contributed by atoms with Crippen LogP contribution in [-0.2, 0) is 19.3 Å². The van der Waals surface area contributed by atoms with Crippen LogP contribution in [0.3, 0.4) is 0 Å². The van der Waals surface area contributed by atoms with E-state index in [1.165, 1.54) is 42.4 Å². The molecule has 0 saturated carbocycles. The van der Waals surface area contributed by atoms with Gasteiger partial charge < -0.3 is 5.11 Å². The Morgan fingerprint density at radius 2 is 2.00 bits per heavy atom. The molecule has 3 rings (SSSR count). The molecule has 0 radical (unpaired) electrons. The normalized spacial score (nSPS) is 14.5. The third kappa shape index (κ3) is 2.33. The third-order valence-electron chi connectivity index (χ3n) is 3.52. The summed E-state index contributed by atoms with van der Waals surface area (Å²) in [6.07, 6.45) is 5.72. The zero-order chi connectivity index (χ0) is 12.4. The minimum absolute atomic E-state index is 0.178. The summed E-state index contributed by atoms with van der Waals surface area (Å²) in [4.78, 5) is 4.58. The van der Waals surface area contributed by atoms with Gasteiger partial charge in [0.25, 0.3) is 0 Å². The highest BCUT2D eigenvalue weighted by molar-refractivity contribution is 7.09. The van der Waals surface area contributed by atoms with Gasteiger partial charge in [0.15, 0.2) is 0 Å². The average molecular weight is 259 g/mol. The monoisotopic (exact) mass is 259 g/mol. The van der Waals surface area contributed by atoms with Gasteiger partial charge in [-0.15, -0.1) is 11.3 Å². The van der Waals surface area contributed by atoms with Crippen LogP contribution in [0.5, 0.6) is 0 Å². The highest BCUT2D eigenvalue weighted by Crippen LogP contribution is 2.28. The summed E-state index contributed by atoms with van der Waals surface area (Å²) in [6.45, 7) is 0.178. The zero-order valence-corrected chi connectivity index (χ0v) is 11.2. The fourth-order valence-electron chi connectivity index (χ4n) is 2.55. The quantitative estimate of drug-likeness (QED) is 0.918. The number of thiazole rings is 1. The summed E-state index contributed by atoms with van der Waals surface area (Å²) in [5.74, 6) is 0. The van der Waals surface area contributed by atoms with Crippen LogP contribution in [0.25, 0.3) is 11.3 Å². The van der Waals surface area contributed by atoms with Crippen LogP contribution in [0.4, 0.5) is 0 Å². The SMILES string of the molecule is OCCc1nc(-c2ccc3c(c2)CCCC3)cs1. The number of aromatic nitrogens is 1. The fourth-order valence-corrected chi connectivity index (χ4v) is 3.34. The summed E-state index contributed by atoms with van der Waals surface area (Å²) >= 11 is 1.64. The van der Waals surface area contributed by atoms with Gasteiger partial charge in [0.2, 0.25) is 0 Å². The summed E-state index contributed by atoms with van der Waals surface area (Å²) in [6, 6.07) is 6.74. The molecule has 1 aliphatic rings. The van der Waals surface area contributed by atoms with Gasteiger partial charge in [-0.2, -0.15) is 0 Å². The highest BCUT2D eigenvalue weighted by atomic mass is 32.1. The lowest BCUT2D eigenvalue weighted by Crippen LogP contribution is -2.02. The van der Waals surface area contributed by atoms with Crippen molar-refractivity contribution in [2.45, 2.75) is 32.1 Å². The van der Waals surface area contributed by atoms with Gasteiger partial charge in [0, 0.05) is 24.0 Å². The first-order valence-corrected chi connectivity index (χ1v) is 7.42. The minimum atomic E-state index is 0.178. The summed E-state index contributed by atoms with van der Waals surface area (Å²) in [5, 5.41) is 12.0. The lowest BCUT2D eigenvalue weighted by atomic mass is 9.90. The molecule has 2 nitrogen and oxygen atoms in total. The lowest BCUT2D eigenvalue weighted by molar-refractivity contribution is 0.299. The van der Waals surface area contributed by atoms with E-state index in [1.807, 2.05) is 0 Å². The molecule has 0 aliphatic heterocycles. The van der Waals surface area contributed by atoms with Crippen LogP contribution < -0.4 is 0 Å². The van der Waals surface area contributed by atoms with Crippen molar-refractivity contribution in [1.29, 1.82) is 0 Å². The van der Waals surface area contributed by atoms with Crippen LogP contribution in [0.15, 0.2) is 23.6 Å². The molecule has 1 N–H and O–H groups in total. The standard InChI is InChI=1S/C15H17NOS/c17-8-7-15-16-14(10-18-15)13-6-5-11-3-1-2-4-12(11)9-13/h5-6,9-10,17H,1-4,7-8H2. The van der Waals surface area contributed by atoms with Gasteiger partial charge in [-0.3, -0.25) is 0 Å². The second kappa shape index (κ2) is 5.21. The number of benzene rings is 1. The van der Waals surface area contributed by atoms with E-state index < -0.39 is 0 Å². The van der Waals surface area contributed by atoms with Gasteiger partial charge in [-0.25, -0.2) is 4.98 Å². The summed E-state index contributed by atoms with van der Waals surface area (Å²) < 4.78 is 0. The lowest BCUT2D eigenvalue weighted by Gasteiger charge is -2.16. The molecule has 3 heteroatoms. The zero-order valence-electron chi connectivity index (χ0n) is 10.4. The Kier molecular flexibility index (Phi) is 3.43. The van der Waals surface area contributed by atoms with Crippen molar-refractivity contribution in [3.63, 3.8) is 0 Å². The molecule has 1 heterocycles. The first kappa shape index (κ1) is 11.9. The molecule has 18 heavy (non-hydrogen) atoms. The van der Waals surface area contributed by atoms with Crippen LogP contribution in [0.2, 0.25) is 0 Å². The Labute approximate surface area is 111 Å². The van der Waals surface area contributed by atoms with E-state index in [9.17, 15) is 0 Å². The first-order valence-electron chi connectivity index (χ1n) is 6.54. The second-order valence-corrected chi connectivity index (χ2v) is 5.73. The molecule has 0 amide bonds. The molecule has 0 spiro atoms. The Hall–Kier alpha value is -1.19. The predicted octanol–water partition coefficient (Wildman–Crippen LogP) is 3.22. The molecule has 0 fully saturated rings.